The number of amidine groups is 1. The van der Waals surface area contributed by atoms with Crippen LogP contribution in [0.3, 0.4) is 0 Å². The first-order valence-corrected chi connectivity index (χ1v) is 5.81. The Balaban J connectivity index is 3.03. The molecular weight excluding hydrogens is 234 g/mol. The summed E-state index contributed by atoms with van der Waals surface area (Å²) in [6.07, 6.45) is 0.942. The monoisotopic (exact) mass is 253 g/mol. The van der Waals surface area contributed by atoms with Crippen molar-refractivity contribution in [2.45, 2.75) is 33.2 Å². The lowest BCUT2D eigenvalue weighted by molar-refractivity contribution is 0.318. The van der Waals surface area contributed by atoms with E-state index in [-0.39, 0.29) is 17.7 Å². The number of hydrogen-bond donors (Lipinski definition) is 4. The third-order valence-electron chi connectivity index (χ3n) is 1.92. The third kappa shape index (κ3) is 4.04. The molecule has 1 rings (SSSR count). The number of oxime groups is 1. The summed E-state index contributed by atoms with van der Waals surface area (Å²) in [5.41, 5.74) is 5.48. The molecule has 100 valence electrons. The van der Waals surface area contributed by atoms with Gasteiger partial charge in [-0.3, -0.25) is 0 Å². The molecule has 18 heavy (non-hydrogen) atoms. The minimum atomic E-state index is -0.149. The van der Waals surface area contributed by atoms with Crippen LogP contribution in [0.4, 0.5) is 11.9 Å². The predicted octanol–water partition coefficient (Wildman–Crippen LogP) is 0.608. The number of nitrogens with two attached hydrogens (primary N) is 1. The van der Waals surface area contributed by atoms with Crippen molar-refractivity contribution in [2.24, 2.45) is 10.9 Å². The van der Waals surface area contributed by atoms with Gasteiger partial charge in [-0.1, -0.05) is 12.1 Å². The van der Waals surface area contributed by atoms with Gasteiger partial charge in [0.1, 0.15) is 0 Å². The van der Waals surface area contributed by atoms with Crippen molar-refractivity contribution in [1.82, 2.24) is 15.0 Å². The lowest BCUT2D eigenvalue weighted by Gasteiger charge is -2.11. The van der Waals surface area contributed by atoms with Crippen LogP contribution in [0.15, 0.2) is 5.16 Å². The second kappa shape index (κ2) is 6.58. The molecule has 8 nitrogen and oxygen atoms in total. The Hall–Kier alpha value is -2.12. The average Bonchev–Trinajstić information content (AvgIpc) is 2.34. The van der Waals surface area contributed by atoms with E-state index in [2.05, 4.69) is 30.7 Å². The van der Waals surface area contributed by atoms with Crippen molar-refractivity contribution in [3.8, 4) is 0 Å². The highest BCUT2D eigenvalue weighted by molar-refractivity contribution is 5.93. The van der Waals surface area contributed by atoms with E-state index in [4.69, 9.17) is 10.9 Å². The Labute approximate surface area is 106 Å². The van der Waals surface area contributed by atoms with Crippen LogP contribution in [-0.4, -0.2) is 38.6 Å². The van der Waals surface area contributed by atoms with Crippen LogP contribution in [0.5, 0.6) is 0 Å². The number of hydrogen-bond acceptors (Lipinski definition) is 7. The molecule has 0 aliphatic rings. The largest absolute Gasteiger partial charge is 0.409 e. The van der Waals surface area contributed by atoms with E-state index in [0.29, 0.717) is 11.9 Å². The minimum absolute atomic E-state index is 0.134. The van der Waals surface area contributed by atoms with E-state index < -0.39 is 0 Å². The van der Waals surface area contributed by atoms with E-state index in [1.54, 1.807) is 0 Å². The van der Waals surface area contributed by atoms with Gasteiger partial charge < -0.3 is 21.6 Å². The highest BCUT2D eigenvalue weighted by Gasteiger charge is 2.10. The van der Waals surface area contributed by atoms with E-state index in [9.17, 15) is 0 Å². The number of aromatic nitrogens is 3. The fourth-order valence-corrected chi connectivity index (χ4v) is 1.17. The van der Waals surface area contributed by atoms with Gasteiger partial charge in [0.15, 0.2) is 0 Å². The van der Waals surface area contributed by atoms with Crippen LogP contribution >= 0.6 is 0 Å². The second-order valence-electron chi connectivity index (χ2n) is 4.02. The Bertz CT molecular complexity index is 419. The molecule has 0 saturated heterocycles. The fraction of sp³-hybridized carbons (Fsp3) is 0.600. The molecule has 1 aromatic rings. The summed E-state index contributed by atoms with van der Waals surface area (Å²) >= 11 is 0. The molecule has 0 unspecified atom stereocenters. The van der Waals surface area contributed by atoms with Crippen LogP contribution < -0.4 is 16.4 Å². The predicted molar refractivity (Wildman–Crippen MR) is 69.9 cm³/mol. The van der Waals surface area contributed by atoms with Crippen molar-refractivity contribution in [2.75, 3.05) is 17.2 Å². The van der Waals surface area contributed by atoms with Gasteiger partial charge >= 0.3 is 0 Å². The molecule has 0 saturated carbocycles. The van der Waals surface area contributed by atoms with E-state index in [0.717, 1.165) is 13.0 Å². The normalized spacial score (nSPS) is 11.7. The van der Waals surface area contributed by atoms with Gasteiger partial charge in [-0.2, -0.15) is 15.0 Å². The molecule has 0 aliphatic carbocycles. The molecule has 1 aromatic heterocycles. The van der Waals surface area contributed by atoms with Crippen LogP contribution in [0.1, 0.15) is 33.0 Å². The van der Waals surface area contributed by atoms with Crippen molar-refractivity contribution in [1.29, 1.82) is 0 Å². The Morgan fingerprint density at radius 1 is 1.33 bits per heavy atom. The number of nitrogens with zero attached hydrogens (tertiary/aromatic N) is 4. The van der Waals surface area contributed by atoms with Crippen LogP contribution in [-0.2, 0) is 0 Å². The topological polar surface area (TPSA) is 121 Å². The maximum absolute atomic E-state index is 8.65. The lowest BCUT2D eigenvalue weighted by atomic mass is 10.4. The standard InChI is InChI=1S/C10H19N7O/c1-4-5-12-9-14-8(7(11)17-18)15-10(16-9)13-6(2)3/h6,18H,4-5H2,1-3H3,(H2,11,17)(H2,12,13,14,15,16). The van der Waals surface area contributed by atoms with Gasteiger partial charge in [0.05, 0.1) is 0 Å². The first-order chi connectivity index (χ1) is 8.56. The van der Waals surface area contributed by atoms with Crippen molar-refractivity contribution in [3.63, 3.8) is 0 Å². The van der Waals surface area contributed by atoms with E-state index in [1.165, 1.54) is 0 Å². The SMILES string of the molecule is CCCNc1nc(NC(C)C)nc(/C(N)=N/O)n1. The number of anilines is 2. The van der Waals surface area contributed by atoms with Gasteiger partial charge in [-0.25, -0.2) is 0 Å². The lowest BCUT2D eigenvalue weighted by Crippen LogP contribution is -2.22. The molecule has 0 fully saturated rings. The van der Waals surface area contributed by atoms with Crippen molar-refractivity contribution < 1.29 is 5.21 Å². The summed E-state index contributed by atoms with van der Waals surface area (Å²) in [6.45, 7) is 6.70. The van der Waals surface area contributed by atoms with Gasteiger partial charge in [0, 0.05) is 12.6 Å². The zero-order valence-electron chi connectivity index (χ0n) is 10.8. The summed E-state index contributed by atoms with van der Waals surface area (Å²) in [5, 5.41) is 17.6. The summed E-state index contributed by atoms with van der Waals surface area (Å²) in [5.74, 6) is 0.773. The zero-order valence-corrected chi connectivity index (χ0v) is 10.8. The van der Waals surface area contributed by atoms with Gasteiger partial charge in [0.2, 0.25) is 23.6 Å². The Morgan fingerprint density at radius 3 is 2.56 bits per heavy atom. The highest BCUT2D eigenvalue weighted by atomic mass is 16.4. The van der Waals surface area contributed by atoms with Crippen molar-refractivity contribution in [3.05, 3.63) is 5.82 Å². The van der Waals surface area contributed by atoms with E-state index in [1.807, 2.05) is 20.8 Å². The molecule has 1 heterocycles. The maximum Gasteiger partial charge on any atom is 0.228 e. The van der Waals surface area contributed by atoms with Gasteiger partial charge in [0.25, 0.3) is 0 Å². The average molecular weight is 253 g/mol. The fourth-order valence-electron chi connectivity index (χ4n) is 1.17. The highest BCUT2D eigenvalue weighted by Crippen LogP contribution is 2.07. The first-order valence-electron chi connectivity index (χ1n) is 5.81. The van der Waals surface area contributed by atoms with Crippen molar-refractivity contribution >= 4 is 17.7 Å². The van der Waals surface area contributed by atoms with Crippen LogP contribution in [0, 0.1) is 0 Å². The molecule has 0 aliphatic heterocycles. The number of rotatable bonds is 6. The molecule has 0 bridgehead atoms. The smallest absolute Gasteiger partial charge is 0.228 e. The second-order valence-corrected chi connectivity index (χ2v) is 4.02. The molecule has 0 amide bonds. The molecule has 0 spiro atoms. The quantitative estimate of drug-likeness (QED) is 0.253. The molecule has 0 radical (unpaired) electrons. The molecule has 5 N–H and O–H groups in total. The molecule has 0 atom stereocenters. The van der Waals surface area contributed by atoms with Crippen LogP contribution in [0.2, 0.25) is 0 Å². The Kier molecular flexibility index (Phi) is 5.09. The number of nitrogens with one attached hydrogen (secondary N) is 2. The molecular formula is C10H19N7O. The molecule has 8 heteroatoms. The Morgan fingerprint density at radius 2 is 2.00 bits per heavy atom. The minimum Gasteiger partial charge on any atom is -0.409 e. The van der Waals surface area contributed by atoms with Gasteiger partial charge in [-0.15, -0.1) is 0 Å². The summed E-state index contributed by atoms with van der Waals surface area (Å²) in [6, 6.07) is 0.173. The van der Waals surface area contributed by atoms with E-state index >= 15 is 0 Å². The summed E-state index contributed by atoms with van der Waals surface area (Å²) < 4.78 is 0. The summed E-state index contributed by atoms with van der Waals surface area (Å²) in [7, 11) is 0. The van der Waals surface area contributed by atoms with Crippen LogP contribution in [0.25, 0.3) is 0 Å². The van der Waals surface area contributed by atoms with Gasteiger partial charge in [-0.05, 0) is 20.3 Å². The maximum atomic E-state index is 8.65. The third-order valence-corrected chi connectivity index (χ3v) is 1.92. The first kappa shape index (κ1) is 13.9. The molecule has 0 aromatic carbocycles. The zero-order chi connectivity index (χ0) is 13.5. The summed E-state index contributed by atoms with van der Waals surface area (Å²) in [4.78, 5) is 12.3.